The van der Waals surface area contributed by atoms with E-state index in [0.717, 1.165) is 19.3 Å². The van der Waals surface area contributed by atoms with Crippen LogP contribution >= 0.6 is 15.9 Å². The first-order valence-corrected chi connectivity index (χ1v) is 7.77. The molecule has 3 rings (SSSR count). The topological polar surface area (TPSA) is 57.6 Å². The predicted molar refractivity (Wildman–Crippen MR) is 77.4 cm³/mol. The van der Waals surface area contributed by atoms with E-state index in [-0.39, 0.29) is 17.4 Å². The fraction of sp³-hybridized carbons (Fsp3) is 0.467. The van der Waals surface area contributed by atoms with E-state index in [2.05, 4.69) is 15.9 Å². The maximum Gasteiger partial charge on any atom is 0.326 e. The molecule has 4 nitrogen and oxygen atoms in total. The second-order valence-corrected chi connectivity index (χ2v) is 6.64. The SMILES string of the molecule is O=C(O)C1C2CCCC2CN1C(=O)c1ccc(Br)cc1F. The van der Waals surface area contributed by atoms with Gasteiger partial charge in [-0.2, -0.15) is 0 Å². The van der Waals surface area contributed by atoms with Crippen LogP contribution in [-0.4, -0.2) is 34.5 Å². The zero-order valence-corrected chi connectivity index (χ0v) is 12.8. The smallest absolute Gasteiger partial charge is 0.326 e. The van der Waals surface area contributed by atoms with Crippen LogP contribution in [0.25, 0.3) is 0 Å². The molecule has 21 heavy (non-hydrogen) atoms. The third kappa shape index (κ3) is 2.46. The molecule has 1 N–H and O–H groups in total. The van der Waals surface area contributed by atoms with Gasteiger partial charge < -0.3 is 10.0 Å². The number of carboxylic acids is 1. The standard InChI is InChI=1S/C15H15BrFNO3/c16-9-4-5-11(12(17)6-9)14(19)18-7-8-2-1-3-10(8)13(18)15(20)21/h4-6,8,10,13H,1-3,7H2,(H,20,21). The Morgan fingerprint density at radius 1 is 1.33 bits per heavy atom. The number of carboxylic acid groups (broad SMARTS) is 1. The van der Waals surface area contributed by atoms with Gasteiger partial charge in [0, 0.05) is 11.0 Å². The van der Waals surface area contributed by atoms with Crippen LogP contribution in [0.4, 0.5) is 4.39 Å². The van der Waals surface area contributed by atoms with Crippen LogP contribution in [0.15, 0.2) is 22.7 Å². The van der Waals surface area contributed by atoms with Crippen molar-refractivity contribution in [2.24, 2.45) is 11.8 Å². The van der Waals surface area contributed by atoms with E-state index in [1.807, 2.05) is 0 Å². The normalized spacial score (nSPS) is 27.7. The highest BCUT2D eigenvalue weighted by Gasteiger charge is 2.49. The minimum atomic E-state index is -0.990. The molecule has 112 valence electrons. The number of nitrogens with zero attached hydrogens (tertiary/aromatic N) is 1. The van der Waals surface area contributed by atoms with Crippen molar-refractivity contribution in [2.45, 2.75) is 25.3 Å². The van der Waals surface area contributed by atoms with Crippen molar-refractivity contribution < 1.29 is 19.1 Å². The summed E-state index contributed by atoms with van der Waals surface area (Å²) in [6.07, 6.45) is 2.78. The summed E-state index contributed by atoms with van der Waals surface area (Å²) in [4.78, 5) is 25.4. The molecule has 1 aliphatic heterocycles. The lowest BCUT2D eigenvalue weighted by atomic mass is 9.94. The van der Waals surface area contributed by atoms with Gasteiger partial charge in [-0.3, -0.25) is 4.79 Å². The van der Waals surface area contributed by atoms with E-state index in [1.165, 1.54) is 17.0 Å². The van der Waals surface area contributed by atoms with Crippen LogP contribution < -0.4 is 0 Å². The fourth-order valence-electron chi connectivity index (χ4n) is 3.65. The zero-order chi connectivity index (χ0) is 15.1. The van der Waals surface area contributed by atoms with Crippen molar-refractivity contribution in [1.29, 1.82) is 0 Å². The second-order valence-electron chi connectivity index (χ2n) is 5.72. The van der Waals surface area contributed by atoms with Gasteiger partial charge in [0.05, 0.1) is 5.56 Å². The first kappa shape index (κ1) is 14.5. The molecule has 3 atom stereocenters. The lowest BCUT2D eigenvalue weighted by Gasteiger charge is -2.24. The van der Waals surface area contributed by atoms with Gasteiger partial charge in [-0.15, -0.1) is 0 Å². The molecule has 1 saturated heterocycles. The molecular formula is C15H15BrFNO3. The van der Waals surface area contributed by atoms with E-state index >= 15 is 0 Å². The van der Waals surface area contributed by atoms with E-state index < -0.39 is 23.7 Å². The monoisotopic (exact) mass is 355 g/mol. The number of aliphatic carboxylic acids is 1. The molecule has 2 aliphatic rings. The Balaban J connectivity index is 1.91. The molecule has 3 unspecified atom stereocenters. The van der Waals surface area contributed by atoms with Gasteiger partial charge in [0.1, 0.15) is 11.9 Å². The van der Waals surface area contributed by atoms with E-state index in [9.17, 15) is 19.1 Å². The van der Waals surface area contributed by atoms with E-state index in [1.54, 1.807) is 6.07 Å². The number of hydrogen-bond donors (Lipinski definition) is 1. The van der Waals surface area contributed by atoms with Crippen molar-refractivity contribution in [2.75, 3.05) is 6.54 Å². The Hall–Kier alpha value is -1.43. The first-order chi connectivity index (χ1) is 9.99. The van der Waals surface area contributed by atoms with E-state index in [0.29, 0.717) is 11.0 Å². The third-order valence-electron chi connectivity index (χ3n) is 4.57. The minimum absolute atomic E-state index is 0.00459. The van der Waals surface area contributed by atoms with Gasteiger partial charge in [-0.05, 0) is 42.9 Å². The molecule has 0 spiro atoms. The summed E-state index contributed by atoms with van der Waals surface area (Å²) < 4.78 is 14.5. The van der Waals surface area contributed by atoms with Gasteiger partial charge >= 0.3 is 5.97 Å². The second kappa shape index (κ2) is 5.40. The summed E-state index contributed by atoms with van der Waals surface area (Å²) in [7, 11) is 0. The van der Waals surface area contributed by atoms with Crippen molar-refractivity contribution in [1.82, 2.24) is 4.90 Å². The average molecular weight is 356 g/mol. The quantitative estimate of drug-likeness (QED) is 0.887. The highest BCUT2D eigenvalue weighted by atomic mass is 79.9. The summed E-state index contributed by atoms with van der Waals surface area (Å²) in [5.74, 6) is -1.91. The summed E-state index contributed by atoms with van der Waals surface area (Å²) >= 11 is 3.14. The minimum Gasteiger partial charge on any atom is -0.480 e. The number of fused-ring (bicyclic) bond motifs is 1. The van der Waals surface area contributed by atoms with E-state index in [4.69, 9.17) is 0 Å². The van der Waals surface area contributed by atoms with Gasteiger partial charge in [-0.25, -0.2) is 9.18 Å². The number of carbonyl (C=O) groups excluding carboxylic acids is 1. The number of hydrogen-bond acceptors (Lipinski definition) is 2. The van der Waals surface area contributed by atoms with Crippen LogP contribution in [0.1, 0.15) is 29.6 Å². The van der Waals surface area contributed by atoms with Gasteiger partial charge in [0.25, 0.3) is 5.91 Å². The number of rotatable bonds is 2. The molecule has 2 fully saturated rings. The molecule has 0 aromatic heterocycles. The number of halogens is 2. The molecule has 6 heteroatoms. The van der Waals surface area contributed by atoms with Crippen LogP contribution in [0.5, 0.6) is 0 Å². The number of carbonyl (C=O) groups is 2. The molecular weight excluding hydrogens is 341 g/mol. The van der Waals surface area contributed by atoms with Gasteiger partial charge in [0.2, 0.25) is 0 Å². The van der Waals surface area contributed by atoms with Crippen LogP contribution in [0, 0.1) is 17.7 Å². The Morgan fingerprint density at radius 3 is 2.76 bits per heavy atom. The van der Waals surface area contributed by atoms with Gasteiger partial charge in [-0.1, -0.05) is 22.4 Å². The fourth-order valence-corrected chi connectivity index (χ4v) is 3.98. The Labute approximate surface area is 130 Å². The number of benzene rings is 1. The highest BCUT2D eigenvalue weighted by Crippen LogP contribution is 2.42. The molecule has 1 aromatic rings. The Morgan fingerprint density at radius 2 is 2.10 bits per heavy atom. The average Bonchev–Trinajstić information content (AvgIpc) is 2.96. The maximum atomic E-state index is 13.9. The summed E-state index contributed by atoms with van der Waals surface area (Å²) in [5, 5.41) is 9.44. The summed E-state index contributed by atoms with van der Waals surface area (Å²) in [6.45, 7) is 0.413. The predicted octanol–water partition coefficient (Wildman–Crippen LogP) is 2.91. The Bertz CT molecular complexity index is 607. The lowest BCUT2D eigenvalue weighted by Crippen LogP contribution is -2.43. The van der Waals surface area contributed by atoms with Crippen molar-refractivity contribution in [3.05, 3.63) is 34.1 Å². The third-order valence-corrected chi connectivity index (χ3v) is 5.06. The van der Waals surface area contributed by atoms with Crippen molar-refractivity contribution >= 4 is 27.8 Å². The van der Waals surface area contributed by atoms with Gasteiger partial charge in [0.15, 0.2) is 0 Å². The van der Waals surface area contributed by atoms with Crippen LogP contribution in [0.2, 0.25) is 0 Å². The number of amides is 1. The largest absolute Gasteiger partial charge is 0.480 e. The molecule has 1 amide bonds. The number of likely N-dealkylation sites (tertiary alicyclic amines) is 1. The first-order valence-electron chi connectivity index (χ1n) is 6.98. The molecule has 0 bridgehead atoms. The van der Waals surface area contributed by atoms with Crippen LogP contribution in [0.3, 0.4) is 0 Å². The Kier molecular flexibility index (Phi) is 3.73. The van der Waals surface area contributed by atoms with Crippen LogP contribution in [-0.2, 0) is 4.79 Å². The summed E-state index contributed by atoms with van der Waals surface area (Å²) in [6, 6.07) is 3.38. The summed E-state index contributed by atoms with van der Waals surface area (Å²) in [5.41, 5.74) is -0.0653. The molecule has 1 heterocycles. The maximum absolute atomic E-state index is 13.9. The molecule has 1 aromatic carbocycles. The zero-order valence-electron chi connectivity index (χ0n) is 11.3. The van der Waals surface area contributed by atoms with Crippen molar-refractivity contribution in [3.8, 4) is 0 Å². The molecule has 1 aliphatic carbocycles. The van der Waals surface area contributed by atoms with Crippen molar-refractivity contribution in [3.63, 3.8) is 0 Å². The molecule has 1 saturated carbocycles. The highest BCUT2D eigenvalue weighted by molar-refractivity contribution is 9.10. The lowest BCUT2D eigenvalue weighted by molar-refractivity contribution is -0.142. The molecule has 0 radical (unpaired) electrons.